The summed E-state index contributed by atoms with van der Waals surface area (Å²) in [5.41, 5.74) is 7.11. The van der Waals surface area contributed by atoms with Crippen LogP contribution in [0.25, 0.3) is 6.08 Å². The average Bonchev–Trinajstić information content (AvgIpc) is 2.41. The molecule has 0 unspecified atom stereocenters. The summed E-state index contributed by atoms with van der Waals surface area (Å²) in [6, 6.07) is 0. The van der Waals surface area contributed by atoms with E-state index in [1.54, 1.807) is 43.6 Å². The van der Waals surface area contributed by atoms with Gasteiger partial charge in [-0.2, -0.15) is 4.98 Å². The summed E-state index contributed by atoms with van der Waals surface area (Å²) in [4.78, 5) is 14.2. The Bertz CT molecular complexity index is 563. The van der Waals surface area contributed by atoms with E-state index in [9.17, 15) is 0 Å². The molecule has 0 aromatic carbocycles. The van der Waals surface area contributed by atoms with Crippen LogP contribution in [-0.2, 0) is 4.74 Å². The van der Waals surface area contributed by atoms with Crippen molar-refractivity contribution in [3.8, 4) is 0 Å². The molecule has 0 bridgehead atoms. The topological polar surface area (TPSA) is 76.6 Å². The summed E-state index contributed by atoms with van der Waals surface area (Å²) in [5.74, 6) is 1.24. The highest BCUT2D eigenvalue weighted by atomic mass is 16.5. The van der Waals surface area contributed by atoms with Crippen LogP contribution in [0.3, 0.4) is 0 Å². The molecule has 0 aliphatic heterocycles. The minimum atomic E-state index is 0.177. The smallest absolute Gasteiger partial charge is 0.222 e. The molecule has 20 heavy (non-hydrogen) atoms. The van der Waals surface area contributed by atoms with Crippen LogP contribution < -0.4 is 5.73 Å². The van der Waals surface area contributed by atoms with E-state index in [4.69, 9.17) is 10.5 Å². The van der Waals surface area contributed by atoms with Crippen LogP contribution in [0.4, 0.5) is 11.8 Å². The Labute approximate surface area is 119 Å². The lowest BCUT2D eigenvalue weighted by atomic mass is 10.2. The molecule has 1 aromatic heterocycles. The average molecular weight is 273 g/mol. The van der Waals surface area contributed by atoms with Gasteiger partial charge < -0.3 is 15.4 Å². The number of nitrogens with two attached hydrogens (primary N) is 1. The number of aromatic nitrogens is 2. The maximum atomic E-state index is 5.63. The molecule has 0 spiro atoms. The first-order valence-corrected chi connectivity index (χ1v) is 5.93. The zero-order chi connectivity index (χ0) is 15.1. The molecule has 1 heterocycles. The van der Waals surface area contributed by atoms with Gasteiger partial charge in [-0.25, -0.2) is 9.98 Å². The second kappa shape index (κ2) is 7.08. The summed E-state index contributed by atoms with van der Waals surface area (Å²) < 4.78 is 5.19. The Hall–Kier alpha value is -2.63. The van der Waals surface area contributed by atoms with Crippen LogP contribution in [0.2, 0.25) is 0 Å². The molecule has 1 aromatic rings. The van der Waals surface area contributed by atoms with Crippen LogP contribution in [0, 0.1) is 6.92 Å². The lowest BCUT2D eigenvalue weighted by Crippen LogP contribution is -2.16. The monoisotopic (exact) mass is 273 g/mol. The number of nitrogens with zero attached hydrogens (tertiary/aromatic N) is 4. The molecule has 6 heteroatoms. The van der Waals surface area contributed by atoms with Gasteiger partial charge in [0, 0.05) is 12.6 Å². The third kappa shape index (κ3) is 3.68. The van der Waals surface area contributed by atoms with Gasteiger partial charge in [0.1, 0.15) is 0 Å². The zero-order valence-corrected chi connectivity index (χ0v) is 12.0. The SMILES string of the molecule is C=C/C=C(/OC)N(C)C=Nc1nc(N)nc(C)c1C=C. The van der Waals surface area contributed by atoms with Gasteiger partial charge in [-0.1, -0.05) is 25.3 Å². The molecule has 0 saturated carbocycles. The van der Waals surface area contributed by atoms with Crippen LogP contribution in [0.5, 0.6) is 0 Å². The van der Waals surface area contributed by atoms with E-state index >= 15 is 0 Å². The molecule has 106 valence electrons. The fourth-order valence-electron chi connectivity index (χ4n) is 1.55. The van der Waals surface area contributed by atoms with Gasteiger partial charge >= 0.3 is 0 Å². The van der Waals surface area contributed by atoms with Gasteiger partial charge in [-0.05, 0) is 13.0 Å². The summed E-state index contributed by atoms with van der Waals surface area (Å²) in [6.45, 7) is 9.18. The van der Waals surface area contributed by atoms with Gasteiger partial charge in [0.2, 0.25) is 5.95 Å². The van der Waals surface area contributed by atoms with Crippen LogP contribution in [0.15, 0.2) is 36.2 Å². The fourth-order valence-corrected chi connectivity index (χ4v) is 1.55. The van der Waals surface area contributed by atoms with Crippen molar-refractivity contribution in [3.05, 3.63) is 42.5 Å². The number of hydrogen-bond acceptors (Lipinski definition) is 5. The Kier molecular flexibility index (Phi) is 5.46. The van der Waals surface area contributed by atoms with E-state index in [2.05, 4.69) is 28.1 Å². The van der Waals surface area contributed by atoms with E-state index < -0.39 is 0 Å². The fraction of sp³-hybridized carbons (Fsp3) is 0.214. The molecule has 2 N–H and O–H groups in total. The largest absolute Gasteiger partial charge is 0.482 e. The van der Waals surface area contributed by atoms with Crippen LogP contribution >= 0.6 is 0 Å². The maximum absolute atomic E-state index is 5.63. The number of aliphatic imine (C=N–C) groups is 1. The first-order chi connectivity index (χ1) is 9.53. The lowest BCUT2D eigenvalue weighted by Gasteiger charge is -2.15. The molecular formula is C14H19N5O. The number of allylic oxidation sites excluding steroid dienone is 2. The molecule has 0 radical (unpaired) electrons. The van der Waals surface area contributed by atoms with Gasteiger partial charge in [-0.15, -0.1) is 0 Å². The number of rotatable bonds is 6. The van der Waals surface area contributed by atoms with Crippen molar-refractivity contribution < 1.29 is 4.74 Å². The number of hydrogen-bond donors (Lipinski definition) is 1. The first-order valence-electron chi connectivity index (χ1n) is 5.93. The van der Waals surface area contributed by atoms with E-state index in [0.29, 0.717) is 11.7 Å². The maximum Gasteiger partial charge on any atom is 0.222 e. The van der Waals surface area contributed by atoms with Gasteiger partial charge in [0.15, 0.2) is 11.7 Å². The normalized spacial score (nSPS) is 11.4. The summed E-state index contributed by atoms with van der Waals surface area (Å²) in [5, 5.41) is 0. The Balaban J connectivity index is 3.09. The molecule has 0 aliphatic rings. The molecule has 0 atom stereocenters. The predicted molar refractivity (Wildman–Crippen MR) is 82.5 cm³/mol. The highest BCUT2D eigenvalue weighted by molar-refractivity contribution is 5.69. The highest BCUT2D eigenvalue weighted by Gasteiger charge is 2.07. The Morgan fingerprint density at radius 1 is 1.40 bits per heavy atom. The van der Waals surface area contributed by atoms with Crippen molar-refractivity contribution >= 4 is 24.2 Å². The number of nitrogen functional groups attached to an aromatic ring is 1. The third-order valence-corrected chi connectivity index (χ3v) is 2.51. The van der Waals surface area contributed by atoms with Crippen molar-refractivity contribution in [2.75, 3.05) is 19.9 Å². The minimum Gasteiger partial charge on any atom is -0.482 e. The molecule has 0 aliphatic carbocycles. The van der Waals surface area contributed by atoms with Crippen LogP contribution in [-0.4, -0.2) is 35.4 Å². The van der Waals surface area contributed by atoms with Crippen molar-refractivity contribution in [2.45, 2.75) is 6.92 Å². The molecule has 0 amide bonds. The Morgan fingerprint density at radius 2 is 2.10 bits per heavy atom. The van der Waals surface area contributed by atoms with Crippen molar-refractivity contribution in [2.24, 2.45) is 4.99 Å². The standard InChI is InChI=1S/C14H19N5O/c1-6-8-12(20-5)19(4)9-16-13-11(7-2)10(3)17-14(15)18-13/h6-9H,1-2H2,3-5H3,(H2,15,17,18)/b12-8+,16-9?. The van der Waals surface area contributed by atoms with Gasteiger partial charge in [0.25, 0.3) is 0 Å². The predicted octanol–water partition coefficient (Wildman–Crippen LogP) is 2.28. The molecule has 6 nitrogen and oxygen atoms in total. The zero-order valence-electron chi connectivity index (χ0n) is 12.0. The van der Waals surface area contributed by atoms with E-state index in [0.717, 1.165) is 11.3 Å². The second-order valence-electron chi connectivity index (χ2n) is 3.91. The summed E-state index contributed by atoms with van der Waals surface area (Å²) in [7, 11) is 3.37. The minimum absolute atomic E-state index is 0.177. The molecule has 1 rings (SSSR count). The van der Waals surface area contributed by atoms with E-state index in [-0.39, 0.29) is 5.95 Å². The highest BCUT2D eigenvalue weighted by Crippen LogP contribution is 2.21. The summed E-state index contributed by atoms with van der Waals surface area (Å²) in [6.07, 6.45) is 6.58. The molecular weight excluding hydrogens is 254 g/mol. The van der Waals surface area contributed by atoms with Gasteiger partial charge in [0.05, 0.1) is 19.1 Å². The number of methoxy groups -OCH3 is 1. The second-order valence-corrected chi connectivity index (χ2v) is 3.91. The molecule has 0 fully saturated rings. The third-order valence-electron chi connectivity index (χ3n) is 2.51. The van der Waals surface area contributed by atoms with E-state index in [1.165, 1.54) is 0 Å². The quantitative estimate of drug-likeness (QED) is 0.372. The van der Waals surface area contributed by atoms with Crippen molar-refractivity contribution in [3.63, 3.8) is 0 Å². The van der Waals surface area contributed by atoms with Crippen LogP contribution in [0.1, 0.15) is 11.3 Å². The first kappa shape index (κ1) is 15.4. The number of ether oxygens (including phenoxy) is 1. The van der Waals surface area contributed by atoms with Crippen molar-refractivity contribution in [1.82, 2.24) is 14.9 Å². The lowest BCUT2D eigenvalue weighted by molar-refractivity contribution is 0.221. The molecule has 0 saturated heterocycles. The van der Waals surface area contributed by atoms with Gasteiger partial charge in [-0.3, -0.25) is 0 Å². The number of aryl methyl sites for hydroxylation is 1. The van der Waals surface area contributed by atoms with E-state index in [1.807, 2.05) is 6.92 Å². The van der Waals surface area contributed by atoms with Crippen molar-refractivity contribution in [1.29, 1.82) is 0 Å². The summed E-state index contributed by atoms with van der Waals surface area (Å²) >= 11 is 0. The number of anilines is 1. The Morgan fingerprint density at radius 3 is 2.65 bits per heavy atom.